The van der Waals surface area contributed by atoms with Crippen LogP contribution in [0.25, 0.3) is 0 Å². The summed E-state index contributed by atoms with van der Waals surface area (Å²) < 4.78 is 0. The lowest BCUT2D eigenvalue weighted by atomic mass is 10.2. The van der Waals surface area contributed by atoms with Crippen LogP contribution in [-0.4, -0.2) is 21.7 Å². The molecule has 0 saturated heterocycles. The third kappa shape index (κ3) is 1.81. The zero-order valence-electron chi connectivity index (χ0n) is 7.37. The topological polar surface area (TPSA) is 46.0 Å². The van der Waals surface area contributed by atoms with E-state index in [2.05, 4.69) is 9.97 Å². The molecule has 2 unspecified atom stereocenters. The summed E-state index contributed by atoms with van der Waals surface area (Å²) >= 11 is 5.80. The highest BCUT2D eigenvalue weighted by Crippen LogP contribution is 2.46. The van der Waals surface area contributed by atoms with Crippen molar-refractivity contribution in [2.45, 2.75) is 19.3 Å². The van der Waals surface area contributed by atoms with Crippen LogP contribution in [0.2, 0.25) is 5.15 Å². The molecule has 1 aromatic heterocycles. The van der Waals surface area contributed by atoms with Gasteiger partial charge in [-0.1, -0.05) is 11.6 Å². The van der Waals surface area contributed by atoms with Crippen LogP contribution in [-0.2, 0) is 0 Å². The minimum atomic E-state index is 0.241. The van der Waals surface area contributed by atoms with E-state index in [9.17, 15) is 0 Å². The van der Waals surface area contributed by atoms with Gasteiger partial charge in [-0.2, -0.15) is 0 Å². The molecule has 0 amide bonds. The van der Waals surface area contributed by atoms with E-state index in [4.69, 9.17) is 16.7 Å². The Bertz CT molecular complexity index is 309. The molecule has 1 aliphatic carbocycles. The third-order valence-corrected chi connectivity index (χ3v) is 2.56. The van der Waals surface area contributed by atoms with Crippen molar-refractivity contribution in [3.8, 4) is 0 Å². The molecule has 0 bridgehead atoms. The lowest BCUT2D eigenvalue weighted by molar-refractivity contribution is 0.273. The van der Waals surface area contributed by atoms with E-state index < -0.39 is 0 Å². The molecular formula is C9H11ClN2O. The first-order valence-electron chi connectivity index (χ1n) is 4.32. The Labute approximate surface area is 81.8 Å². The molecule has 1 aromatic rings. The predicted molar refractivity (Wildman–Crippen MR) is 49.7 cm³/mol. The van der Waals surface area contributed by atoms with Gasteiger partial charge in [0.1, 0.15) is 11.0 Å². The highest BCUT2D eigenvalue weighted by molar-refractivity contribution is 6.29. The molecule has 70 valence electrons. The maximum absolute atomic E-state index is 8.90. The average Bonchev–Trinajstić information content (AvgIpc) is 2.80. The van der Waals surface area contributed by atoms with Gasteiger partial charge in [0.15, 0.2) is 0 Å². The SMILES string of the molecule is Cc1nc(Cl)cc(C2CC2CO)n1. The molecule has 1 heterocycles. The van der Waals surface area contributed by atoms with Gasteiger partial charge in [-0.25, -0.2) is 9.97 Å². The molecule has 0 radical (unpaired) electrons. The van der Waals surface area contributed by atoms with Crippen LogP contribution in [0.5, 0.6) is 0 Å². The molecule has 4 heteroatoms. The molecule has 0 spiro atoms. The molecule has 1 saturated carbocycles. The molecule has 0 aromatic carbocycles. The Balaban J connectivity index is 2.22. The number of aryl methyl sites for hydroxylation is 1. The fourth-order valence-corrected chi connectivity index (χ4v) is 1.79. The molecule has 1 aliphatic rings. The predicted octanol–water partition coefficient (Wildman–Crippen LogP) is 1.53. The number of halogens is 1. The number of aromatic nitrogens is 2. The van der Waals surface area contributed by atoms with Crippen molar-refractivity contribution in [2.75, 3.05) is 6.61 Å². The zero-order chi connectivity index (χ0) is 9.42. The number of aliphatic hydroxyl groups is 1. The van der Waals surface area contributed by atoms with E-state index in [1.165, 1.54) is 0 Å². The summed E-state index contributed by atoms with van der Waals surface area (Å²) in [5.41, 5.74) is 0.969. The lowest BCUT2D eigenvalue weighted by Crippen LogP contribution is -1.96. The van der Waals surface area contributed by atoms with Crippen molar-refractivity contribution in [2.24, 2.45) is 5.92 Å². The van der Waals surface area contributed by atoms with Crippen molar-refractivity contribution in [3.63, 3.8) is 0 Å². The molecule has 13 heavy (non-hydrogen) atoms. The minimum Gasteiger partial charge on any atom is -0.396 e. The van der Waals surface area contributed by atoms with E-state index in [0.29, 0.717) is 22.8 Å². The van der Waals surface area contributed by atoms with Crippen molar-refractivity contribution in [1.29, 1.82) is 0 Å². The van der Waals surface area contributed by atoms with Gasteiger partial charge in [0.25, 0.3) is 0 Å². The standard InChI is InChI=1S/C9H11ClN2O/c1-5-11-8(3-9(10)12-5)7-2-6(7)4-13/h3,6-7,13H,2,4H2,1H3. The van der Waals surface area contributed by atoms with E-state index in [0.717, 1.165) is 12.1 Å². The molecule has 1 N–H and O–H groups in total. The van der Waals surface area contributed by atoms with Gasteiger partial charge in [-0.05, 0) is 25.3 Å². The Morgan fingerprint density at radius 3 is 2.92 bits per heavy atom. The van der Waals surface area contributed by atoms with Crippen molar-refractivity contribution in [1.82, 2.24) is 9.97 Å². The number of rotatable bonds is 2. The summed E-state index contributed by atoms with van der Waals surface area (Å²) in [6.07, 6.45) is 1.02. The van der Waals surface area contributed by atoms with Crippen molar-refractivity contribution in [3.05, 3.63) is 22.7 Å². The van der Waals surface area contributed by atoms with E-state index in [1.54, 1.807) is 6.07 Å². The molecule has 0 aliphatic heterocycles. The summed E-state index contributed by atoms with van der Waals surface area (Å²) in [5, 5.41) is 9.39. The summed E-state index contributed by atoms with van der Waals surface area (Å²) in [4.78, 5) is 8.27. The smallest absolute Gasteiger partial charge is 0.133 e. The molecule has 2 rings (SSSR count). The van der Waals surface area contributed by atoms with Gasteiger partial charge < -0.3 is 5.11 Å². The maximum atomic E-state index is 8.90. The van der Waals surface area contributed by atoms with Gasteiger partial charge in [0.2, 0.25) is 0 Å². The van der Waals surface area contributed by atoms with Crippen LogP contribution in [0.1, 0.15) is 23.9 Å². The lowest BCUT2D eigenvalue weighted by Gasteiger charge is -2.00. The summed E-state index contributed by atoms with van der Waals surface area (Å²) in [5.74, 6) is 1.47. The molecule has 3 nitrogen and oxygen atoms in total. The van der Waals surface area contributed by atoms with Crippen LogP contribution in [0.4, 0.5) is 0 Å². The average molecular weight is 199 g/mol. The van der Waals surface area contributed by atoms with Crippen LogP contribution in [0.15, 0.2) is 6.07 Å². The van der Waals surface area contributed by atoms with Crippen LogP contribution < -0.4 is 0 Å². The molecule has 2 atom stereocenters. The first-order chi connectivity index (χ1) is 6.20. The number of hydrogen-bond donors (Lipinski definition) is 1. The monoisotopic (exact) mass is 198 g/mol. The first kappa shape index (κ1) is 8.91. The largest absolute Gasteiger partial charge is 0.396 e. The van der Waals surface area contributed by atoms with Crippen molar-refractivity contribution >= 4 is 11.6 Å². The second-order valence-corrected chi connectivity index (χ2v) is 3.83. The molecule has 1 fully saturated rings. The zero-order valence-corrected chi connectivity index (χ0v) is 8.12. The van der Waals surface area contributed by atoms with Gasteiger partial charge in [0.05, 0.1) is 0 Å². The second-order valence-electron chi connectivity index (χ2n) is 3.45. The van der Waals surface area contributed by atoms with Crippen LogP contribution >= 0.6 is 11.6 Å². The van der Waals surface area contributed by atoms with Gasteiger partial charge in [-0.15, -0.1) is 0 Å². The van der Waals surface area contributed by atoms with E-state index in [-0.39, 0.29) is 6.61 Å². The fraction of sp³-hybridized carbons (Fsp3) is 0.556. The number of nitrogens with zero attached hydrogens (tertiary/aromatic N) is 2. The first-order valence-corrected chi connectivity index (χ1v) is 4.70. The molecular weight excluding hydrogens is 188 g/mol. The van der Waals surface area contributed by atoms with Crippen LogP contribution in [0.3, 0.4) is 0 Å². The fourth-order valence-electron chi connectivity index (χ4n) is 1.55. The number of aliphatic hydroxyl groups excluding tert-OH is 1. The summed E-state index contributed by atoms with van der Waals surface area (Å²) in [6.45, 7) is 2.07. The second kappa shape index (κ2) is 3.24. The van der Waals surface area contributed by atoms with E-state index >= 15 is 0 Å². The highest BCUT2D eigenvalue weighted by atomic mass is 35.5. The summed E-state index contributed by atoms with van der Waals surface area (Å²) in [7, 11) is 0. The van der Waals surface area contributed by atoms with Gasteiger partial charge >= 0.3 is 0 Å². The number of hydrogen-bond acceptors (Lipinski definition) is 3. The normalized spacial score (nSPS) is 26.1. The van der Waals surface area contributed by atoms with Gasteiger partial charge in [-0.3, -0.25) is 0 Å². The quantitative estimate of drug-likeness (QED) is 0.734. The van der Waals surface area contributed by atoms with Crippen LogP contribution in [0, 0.1) is 12.8 Å². The Kier molecular flexibility index (Phi) is 2.22. The Morgan fingerprint density at radius 1 is 1.62 bits per heavy atom. The van der Waals surface area contributed by atoms with Gasteiger partial charge in [0, 0.05) is 18.2 Å². The minimum absolute atomic E-state index is 0.241. The van der Waals surface area contributed by atoms with Crippen molar-refractivity contribution < 1.29 is 5.11 Å². The Morgan fingerprint density at radius 2 is 2.38 bits per heavy atom. The van der Waals surface area contributed by atoms with E-state index in [1.807, 2.05) is 6.92 Å². The third-order valence-electron chi connectivity index (χ3n) is 2.36. The highest BCUT2D eigenvalue weighted by Gasteiger charge is 2.38. The summed E-state index contributed by atoms with van der Waals surface area (Å²) in [6, 6.07) is 1.79. The Hall–Kier alpha value is -0.670. The maximum Gasteiger partial charge on any atom is 0.133 e.